The zero-order valence-electron chi connectivity index (χ0n) is 25.4. The number of rotatable bonds is 14. The number of hydrogen-bond acceptors (Lipinski definition) is 4. The quantitative estimate of drug-likeness (QED) is 0.170. The molecule has 0 radical (unpaired) electrons. The lowest BCUT2D eigenvalue weighted by molar-refractivity contribution is -0.219. The Kier molecular flexibility index (Phi) is 11.8. The molecule has 0 aliphatic heterocycles. The van der Waals surface area contributed by atoms with Crippen molar-refractivity contribution < 1.29 is 35.6 Å². The molecule has 1 atom stereocenters. The number of carbonyl (C=O) groups excluding carboxylic acids is 1. The van der Waals surface area contributed by atoms with E-state index in [1.54, 1.807) is 33.5 Å². The summed E-state index contributed by atoms with van der Waals surface area (Å²) < 4.78 is 70.6. The van der Waals surface area contributed by atoms with Crippen LogP contribution in [0.25, 0.3) is 0 Å². The molecule has 1 amide bonds. The van der Waals surface area contributed by atoms with Gasteiger partial charge in [0.1, 0.15) is 8.07 Å². The summed E-state index contributed by atoms with van der Waals surface area (Å²) in [6.07, 6.45) is -4.34. The standard InChI is InChI=1S/C26H47F4NO4Si4/c1-21(37(9,10)20-36(7,8)17-14-18-39(33-4,34-5)35-6)38(11,12)23-16-13-15-22(19-23)31(3)24(32)25(2,27)26(28,29)30/h13,15-16,19H,1,14,17-18,20H2,2-12H3. The van der Waals surface area contributed by atoms with E-state index < -0.39 is 50.8 Å². The van der Waals surface area contributed by atoms with Crippen LogP contribution >= 0.6 is 0 Å². The molecule has 13 heteroatoms. The number of halogens is 4. The van der Waals surface area contributed by atoms with E-state index in [1.165, 1.54) is 17.9 Å². The molecule has 0 saturated carbocycles. The molecule has 0 fully saturated rings. The first-order valence-corrected chi connectivity index (χ1v) is 24.6. The van der Waals surface area contributed by atoms with Crippen molar-refractivity contribution in [2.45, 2.75) is 82.2 Å². The topological polar surface area (TPSA) is 48.0 Å². The lowest BCUT2D eigenvalue weighted by Gasteiger charge is -2.40. The lowest BCUT2D eigenvalue weighted by Crippen LogP contribution is -2.55. The Morgan fingerprint density at radius 2 is 1.46 bits per heavy atom. The van der Waals surface area contributed by atoms with Crippen LogP contribution in [0.5, 0.6) is 0 Å². The van der Waals surface area contributed by atoms with E-state index in [0.29, 0.717) is 0 Å². The molecule has 1 aromatic carbocycles. The maximum absolute atomic E-state index is 14.4. The molecule has 0 saturated heterocycles. The van der Waals surface area contributed by atoms with Gasteiger partial charge in [-0.2, -0.15) is 13.2 Å². The summed E-state index contributed by atoms with van der Waals surface area (Å²) in [5.41, 5.74) is -2.60. The van der Waals surface area contributed by atoms with Crippen molar-refractivity contribution in [3.05, 3.63) is 35.7 Å². The van der Waals surface area contributed by atoms with Gasteiger partial charge in [-0.25, -0.2) is 4.39 Å². The number of nitrogens with zero attached hydrogens (tertiary/aromatic N) is 1. The summed E-state index contributed by atoms with van der Waals surface area (Å²) in [6, 6.07) is 8.77. The van der Waals surface area contributed by atoms with E-state index in [9.17, 15) is 22.4 Å². The highest BCUT2D eigenvalue weighted by Gasteiger charge is 2.59. The van der Waals surface area contributed by atoms with Gasteiger partial charge < -0.3 is 18.2 Å². The van der Waals surface area contributed by atoms with Crippen LogP contribution in [-0.2, 0) is 18.1 Å². The second kappa shape index (κ2) is 12.8. The average Bonchev–Trinajstić information content (AvgIpc) is 2.84. The fraction of sp³-hybridized carbons (Fsp3) is 0.654. The largest absolute Gasteiger partial charge is 0.500 e. The molecule has 0 bridgehead atoms. The van der Waals surface area contributed by atoms with Crippen LogP contribution in [0, 0.1) is 0 Å². The Morgan fingerprint density at radius 1 is 0.949 bits per heavy atom. The summed E-state index contributed by atoms with van der Waals surface area (Å²) in [5.74, 6) is -1.64. The Labute approximate surface area is 236 Å². The van der Waals surface area contributed by atoms with Crippen LogP contribution in [0.15, 0.2) is 35.7 Å². The molecular formula is C26H47F4NO4Si4. The smallest absolute Gasteiger partial charge is 0.377 e. The average molecular weight is 626 g/mol. The van der Waals surface area contributed by atoms with Crippen molar-refractivity contribution in [3.8, 4) is 0 Å². The number of amides is 1. The summed E-state index contributed by atoms with van der Waals surface area (Å²) >= 11 is 0. The fourth-order valence-electron chi connectivity index (χ4n) is 5.41. The van der Waals surface area contributed by atoms with Gasteiger partial charge in [0.05, 0.1) is 8.07 Å². The van der Waals surface area contributed by atoms with E-state index in [0.717, 1.165) is 34.3 Å². The first-order valence-electron chi connectivity index (χ1n) is 13.0. The van der Waals surface area contributed by atoms with Gasteiger partial charge >= 0.3 is 15.0 Å². The van der Waals surface area contributed by atoms with Gasteiger partial charge in [0, 0.05) is 48.2 Å². The predicted octanol–water partition coefficient (Wildman–Crippen LogP) is 6.71. The van der Waals surface area contributed by atoms with Gasteiger partial charge in [0.25, 0.3) is 11.6 Å². The van der Waals surface area contributed by atoms with E-state index in [4.69, 9.17) is 13.3 Å². The lowest BCUT2D eigenvalue weighted by atomic mass is 10.1. The van der Waals surface area contributed by atoms with Crippen LogP contribution in [-0.4, -0.2) is 79.2 Å². The molecule has 0 heterocycles. The van der Waals surface area contributed by atoms with Gasteiger partial charge in [-0.15, -0.1) is 6.58 Å². The number of hydrogen-bond donors (Lipinski definition) is 0. The van der Waals surface area contributed by atoms with E-state index >= 15 is 0 Å². The van der Waals surface area contributed by atoms with Crippen molar-refractivity contribution in [1.29, 1.82) is 0 Å². The maximum Gasteiger partial charge on any atom is 0.500 e. The molecule has 5 nitrogen and oxygen atoms in total. The van der Waals surface area contributed by atoms with Gasteiger partial charge in [-0.1, -0.05) is 79.6 Å². The van der Waals surface area contributed by atoms with Gasteiger partial charge in [-0.3, -0.25) is 4.79 Å². The maximum atomic E-state index is 14.4. The molecule has 0 spiro atoms. The van der Waals surface area contributed by atoms with Gasteiger partial charge in [-0.05, 0) is 19.1 Å². The Hall–Kier alpha value is -1.10. The third-order valence-electron chi connectivity index (χ3n) is 7.96. The number of alkyl halides is 4. The Balaban J connectivity index is 3.14. The fourth-order valence-corrected chi connectivity index (χ4v) is 29.1. The first-order chi connectivity index (χ1) is 17.5. The van der Waals surface area contributed by atoms with Crippen LogP contribution in [0.1, 0.15) is 13.3 Å². The van der Waals surface area contributed by atoms with Crippen LogP contribution in [0.4, 0.5) is 23.2 Å². The highest BCUT2D eigenvalue weighted by Crippen LogP contribution is 2.37. The minimum Gasteiger partial charge on any atom is -0.377 e. The van der Waals surface area contributed by atoms with Crippen molar-refractivity contribution >= 4 is 49.8 Å². The number of carbonyl (C=O) groups is 1. The highest BCUT2D eigenvalue weighted by molar-refractivity contribution is 7.14. The van der Waals surface area contributed by atoms with Crippen LogP contribution in [0.2, 0.25) is 57.0 Å². The summed E-state index contributed by atoms with van der Waals surface area (Å²) in [7, 11) is -2.42. The molecule has 1 unspecified atom stereocenters. The van der Waals surface area contributed by atoms with E-state index in [2.05, 4.69) is 45.9 Å². The predicted molar refractivity (Wildman–Crippen MR) is 162 cm³/mol. The zero-order valence-corrected chi connectivity index (χ0v) is 29.4. The molecule has 224 valence electrons. The molecule has 1 aromatic rings. The van der Waals surface area contributed by atoms with Crippen molar-refractivity contribution in [3.63, 3.8) is 0 Å². The molecule has 0 aliphatic carbocycles. The van der Waals surface area contributed by atoms with Crippen molar-refractivity contribution in [2.75, 3.05) is 33.3 Å². The molecule has 0 aliphatic rings. The summed E-state index contributed by atoms with van der Waals surface area (Å²) in [4.78, 5) is 14.5. The van der Waals surface area contributed by atoms with Crippen molar-refractivity contribution in [1.82, 2.24) is 0 Å². The zero-order chi connectivity index (χ0) is 30.7. The highest BCUT2D eigenvalue weighted by atomic mass is 28.4. The summed E-state index contributed by atoms with van der Waals surface area (Å²) in [6.45, 7) is 18.7. The van der Waals surface area contributed by atoms with Crippen molar-refractivity contribution in [2.24, 2.45) is 0 Å². The second-order valence-electron chi connectivity index (χ2n) is 12.4. The summed E-state index contributed by atoms with van der Waals surface area (Å²) in [5, 5.41) is 0.952. The minimum atomic E-state index is -5.30. The SMILES string of the molecule is C=C([Si](C)(C)C[Si](C)(C)CCC[Si](OC)(OC)OC)[Si](C)(C)c1cccc(N(C)C(=O)C(C)(F)C(F)(F)F)c1. The van der Waals surface area contributed by atoms with Crippen LogP contribution in [0.3, 0.4) is 0 Å². The van der Waals surface area contributed by atoms with E-state index in [1.807, 2.05) is 6.07 Å². The molecule has 1 rings (SSSR count). The molecule has 39 heavy (non-hydrogen) atoms. The van der Waals surface area contributed by atoms with Crippen LogP contribution < -0.4 is 10.1 Å². The molecule has 0 N–H and O–H groups in total. The Morgan fingerprint density at radius 3 is 1.92 bits per heavy atom. The van der Waals surface area contributed by atoms with Gasteiger partial charge in [0.15, 0.2) is 0 Å². The molecular weight excluding hydrogens is 579 g/mol. The third kappa shape index (κ3) is 8.46. The number of anilines is 1. The minimum absolute atomic E-state index is 0.232. The van der Waals surface area contributed by atoms with E-state index in [-0.39, 0.29) is 12.6 Å². The first kappa shape index (κ1) is 35.9. The molecule has 0 aromatic heterocycles. The number of benzene rings is 1. The Bertz CT molecular complexity index is 1000. The third-order valence-corrected chi connectivity index (χ3v) is 28.7. The van der Waals surface area contributed by atoms with Gasteiger partial charge in [0.2, 0.25) is 0 Å². The normalized spacial score (nSPS) is 15.2. The monoisotopic (exact) mass is 625 g/mol. The second-order valence-corrected chi connectivity index (χ2v) is 31.0.